The third-order valence-electron chi connectivity index (χ3n) is 25.3. The number of nitrogens with zero attached hydrogens (tertiary/aromatic N) is 26. The zero-order valence-electron chi connectivity index (χ0n) is 74.4. The smallest absolute Gasteiger partial charge is 0.244 e. The Balaban J connectivity index is 0.000000124. The van der Waals surface area contributed by atoms with Crippen molar-refractivity contribution in [3.8, 4) is 62.7 Å². The first-order valence-corrected chi connectivity index (χ1v) is 46.0. The Kier molecular flexibility index (Phi) is 29.3. The van der Waals surface area contributed by atoms with Gasteiger partial charge in [-0.15, -0.1) is 5.10 Å². The van der Waals surface area contributed by atoms with Crippen LogP contribution in [0.3, 0.4) is 0 Å². The number of aryl methyl sites for hydroxylation is 1. The van der Waals surface area contributed by atoms with E-state index in [1.165, 1.54) is 92.6 Å². The molecule has 0 atom stereocenters. The van der Waals surface area contributed by atoms with E-state index in [2.05, 4.69) is 83.0 Å². The van der Waals surface area contributed by atoms with Crippen LogP contribution in [0.4, 0.5) is 41.1 Å². The quantitative estimate of drug-likeness (QED) is 0.0603. The highest BCUT2D eigenvalue weighted by atomic mass is 35.5. The summed E-state index contributed by atoms with van der Waals surface area (Å²) in [5, 5.41) is 19.1. The van der Waals surface area contributed by atoms with Gasteiger partial charge in [0.25, 0.3) is 0 Å². The minimum Gasteiger partial charge on any atom is -0.497 e. The summed E-state index contributed by atoms with van der Waals surface area (Å²) >= 11 is 5.88. The summed E-state index contributed by atoms with van der Waals surface area (Å²) in [4.78, 5) is 114. The number of ether oxygens (including phenoxy) is 1. The molecule has 20 rings (SSSR count). The SMILES string of the molecule is COc1ccc(-c2nc(-c3ccc(F)cc3)nn2CC(=O)N2CCN(c3ncc(Cl)cn3)CC2)cc1.Cc1ccnc(N2CCN(C(=O)Cn3nc(-c4ccc(F)cc4)nc3C3CCCC3)CC2)c1.O=C(Cn1nc(-c2ccc(F)cc2)nc1C1CCCC1)N1CCN(c2ccccn2)CC1.O=C(Cn1nc(-c2ccc(F)cc2)nc1C1CCCC1)N1CCN(c2ncccn2)CC1. The van der Waals surface area contributed by atoms with Gasteiger partial charge >= 0.3 is 0 Å². The molecular formula is C97H105ClF4N26O5. The monoisotopic (exact) mass is 1820 g/mol. The van der Waals surface area contributed by atoms with Crippen LogP contribution < -0.4 is 24.3 Å². The van der Waals surface area contributed by atoms with Crippen LogP contribution in [0, 0.1) is 30.2 Å². The first kappa shape index (κ1) is 90.9. The van der Waals surface area contributed by atoms with Crippen molar-refractivity contribution in [1.82, 2.24) is 109 Å². The number of benzene rings is 5. The Morgan fingerprint density at radius 2 is 0.669 bits per heavy atom. The van der Waals surface area contributed by atoms with Crippen LogP contribution in [0.2, 0.25) is 5.02 Å². The molecule has 7 aliphatic rings. The fraction of sp³-hybridized carbons (Fsp3) is 0.381. The van der Waals surface area contributed by atoms with Gasteiger partial charge in [0.05, 0.1) is 24.5 Å². The molecule has 4 amide bonds. The number of carbonyl (C=O) groups excluding carboxylic acids is 4. The summed E-state index contributed by atoms with van der Waals surface area (Å²) in [7, 11) is 1.60. The Bertz CT molecular complexity index is 5860. The van der Waals surface area contributed by atoms with Gasteiger partial charge in [-0.25, -0.2) is 86.1 Å². The van der Waals surface area contributed by atoms with E-state index in [9.17, 15) is 36.7 Å². The van der Waals surface area contributed by atoms with Gasteiger partial charge in [0.1, 0.15) is 84.3 Å². The van der Waals surface area contributed by atoms with Crippen LogP contribution in [0.1, 0.15) is 118 Å². The number of piperazine rings is 4. The Labute approximate surface area is 772 Å². The number of hydrogen-bond donors (Lipinski definition) is 0. The number of halogens is 5. The third-order valence-corrected chi connectivity index (χ3v) is 25.5. The summed E-state index contributed by atoms with van der Waals surface area (Å²) in [5.41, 5.74) is 4.92. The molecule has 0 unspecified atom stereocenters. The molecule has 31 nitrogen and oxygen atoms in total. The predicted molar refractivity (Wildman–Crippen MR) is 495 cm³/mol. The first-order valence-electron chi connectivity index (χ1n) is 45.6. The van der Waals surface area contributed by atoms with Gasteiger partial charge in [0.15, 0.2) is 29.1 Å². The lowest BCUT2D eigenvalue weighted by molar-refractivity contribution is -0.133. The molecule has 4 saturated heterocycles. The van der Waals surface area contributed by atoms with E-state index < -0.39 is 0 Å². The van der Waals surface area contributed by atoms with Crippen LogP contribution in [0.15, 0.2) is 195 Å². The fourth-order valence-corrected chi connectivity index (χ4v) is 18.0. The second kappa shape index (κ2) is 42.9. The van der Waals surface area contributed by atoms with Crippen molar-refractivity contribution in [2.45, 2.75) is 128 Å². The summed E-state index contributed by atoms with van der Waals surface area (Å²) in [6.07, 6.45) is 23.6. The average molecular weight is 1830 g/mol. The maximum absolute atomic E-state index is 13.4. The van der Waals surface area contributed by atoms with Crippen molar-refractivity contribution in [2.75, 3.05) is 131 Å². The highest BCUT2D eigenvalue weighted by molar-refractivity contribution is 6.30. The maximum Gasteiger partial charge on any atom is 0.244 e. The molecule has 4 aliphatic heterocycles. The van der Waals surface area contributed by atoms with Gasteiger partial charge in [0, 0.05) is 175 Å². The van der Waals surface area contributed by atoms with E-state index in [4.69, 9.17) is 31.3 Å². The van der Waals surface area contributed by atoms with Gasteiger partial charge in [-0.05, 0) is 203 Å². The van der Waals surface area contributed by atoms with Gasteiger partial charge < -0.3 is 43.9 Å². The zero-order chi connectivity index (χ0) is 91.7. The lowest BCUT2D eigenvalue weighted by Crippen LogP contribution is -2.50. The molecule has 12 heterocycles. The van der Waals surface area contributed by atoms with Crippen LogP contribution in [0.25, 0.3) is 56.9 Å². The molecule has 13 aromatic rings. The lowest BCUT2D eigenvalue weighted by atomic mass is 10.1. The zero-order valence-corrected chi connectivity index (χ0v) is 75.1. The highest BCUT2D eigenvalue weighted by Crippen LogP contribution is 2.38. The average Bonchev–Trinajstić information content (AvgIpc) is 1.67. The van der Waals surface area contributed by atoms with E-state index in [1.54, 1.807) is 116 Å². The number of methoxy groups -OCH3 is 1. The minimum atomic E-state index is -0.341. The normalized spacial score (nSPS) is 16.2. The molecular weight excluding hydrogens is 1720 g/mol. The van der Waals surface area contributed by atoms with Crippen LogP contribution in [-0.2, 0) is 45.4 Å². The molecule has 5 aromatic carbocycles. The van der Waals surface area contributed by atoms with Crippen LogP contribution in [0.5, 0.6) is 5.75 Å². The number of anilines is 4. The van der Waals surface area contributed by atoms with Crippen molar-refractivity contribution in [3.05, 3.63) is 246 Å². The van der Waals surface area contributed by atoms with Crippen molar-refractivity contribution >= 4 is 58.8 Å². The molecule has 133 heavy (non-hydrogen) atoms. The molecule has 36 heteroatoms. The highest BCUT2D eigenvalue weighted by Gasteiger charge is 2.34. The van der Waals surface area contributed by atoms with E-state index in [1.807, 2.05) is 74.3 Å². The molecule has 7 fully saturated rings. The lowest BCUT2D eigenvalue weighted by Gasteiger charge is -2.35. The first-order chi connectivity index (χ1) is 64.9. The standard InChI is InChI=1S/C25H23ClFN7O2.C25H29FN6O.C24H27FN6O.C23H26FN7O/c1-36-21-8-4-18(5-9-21)24-30-23(17-2-6-20(27)7-3-17)31-34(24)16-22(35)32-10-12-33(13-11-32)25-28-14-19(26)15-29-25;1-18-10-11-27-22(16-18)30-12-14-31(15-13-30)23(33)17-32-25(20-4-2-3-5-20)28-24(29-32)19-6-8-21(26)9-7-19;25-20-10-8-18(9-11-20)23-27-24(19-5-1-2-6-19)31(28-23)17-22(32)30-15-13-29(14-16-30)21-7-3-4-12-26-21;24-19-8-6-17(7-9-19)21-27-22(18-4-1-2-5-18)31(28-21)16-20(32)29-12-14-30(15-13-29)23-25-10-3-11-26-23/h2-9,14-15H,10-13,16H2,1H3;6-11,16,20H,2-5,12-15,17H2,1H3;3-4,7-12,19H,1-2,5-6,13-17H2;3,6-11,18H,1-2,4-5,12-16H2. The second-order valence-corrected chi connectivity index (χ2v) is 34.5. The molecule has 3 aliphatic carbocycles. The van der Waals surface area contributed by atoms with Gasteiger partial charge in [-0.3, -0.25) is 19.2 Å². The van der Waals surface area contributed by atoms with Gasteiger partial charge in [-0.1, -0.05) is 56.2 Å². The topological polar surface area (TPSA) is 304 Å². The number of amides is 4. The van der Waals surface area contributed by atoms with Crippen molar-refractivity contribution in [3.63, 3.8) is 0 Å². The van der Waals surface area contributed by atoms with E-state index in [0.717, 1.165) is 116 Å². The number of carbonyl (C=O) groups is 4. The molecule has 0 bridgehead atoms. The Morgan fingerprint density at radius 1 is 0.346 bits per heavy atom. The molecule has 3 saturated carbocycles. The summed E-state index contributed by atoms with van der Waals surface area (Å²) in [6, 6.07) is 43.7. The molecule has 0 radical (unpaired) electrons. The molecule has 0 spiro atoms. The van der Waals surface area contributed by atoms with Crippen LogP contribution in [-0.4, -0.2) is 244 Å². The number of aromatic nitrogens is 18. The predicted octanol–water partition coefficient (Wildman–Crippen LogP) is 13.7. The third kappa shape index (κ3) is 23.0. The summed E-state index contributed by atoms with van der Waals surface area (Å²) in [5.74, 6) is 8.98. The number of pyridine rings is 2. The summed E-state index contributed by atoms with van der Waals surface area (Å²) in [6.45, 7) is 13.2. The molecule has 0 N–H and O–H groups in total. The Morgan fingerprint density at radius 3 is 1.03 bits per heavy atom. The van der Waals surface area contributed by atoms with Crippen molar-refractivity contribution < 1.29 is 41.5 Å². The molecule has 688 valence electrons. The van der Waals surface area contributed by atoms with E-state index in [0.29, 0.717) is 154 Å². The minimum absolute atomic E-state index is 0.0208. The summed E-state index contributed by atoms with van der Waals surface area (Å²) < 4.78 is 65.7. The van der Waals surface area contributed by atoms with E-state index in [-0.39, 0.29) is 73.1 Å². The second-order valence-electron chi connectivity index (χ2n) is 34.1. The van der Waals surface area contributed by atoms with Crippen molar-refractivity contribution in [2.24, 2.45) is 0 Å². The van der Waals surface area contributed by atoms with Crippen LogP contribution >= 0.6 is 11.6 Å². The Hall–Kier alpha value is -14.0. The number of hydrogen-bond acceptors (Lipinski definition) is 23. The maximum atomic E-state index is 13.4. The fourth-order valence-electron chi connectivity index (χ4n) is 17.9. The van der Waals surface area contributed by atoms with Gasteiger partial charge in [0.2, 0.25) is 35.5 Å². The molecule has 8 aromatic heterocycles. The van der Waals surface area contributed by atoms with Gasteiger partial charge in [-0.2, -0.15) is 15.3 Å². The number of rotatable bonds is 21. The van der Waals surface area contributed by atoms with E-state index >= 15 is 0 Å². The van der Waals surface area contributed by atoms with Crippen molar-refractivity contribution in [1.29, 1.82) is 0 Å². The largest absolute Gasteiger partial charge is 0.497 e.